The van der Waals surface area contributed by atoms with E-state index in [0.29, 0.717) is 22.4 Å². The van der Waals surface area contributed by atoms with Gasteiger partial charge < -0.3 is 19.5 Å². The van der Waals surface area contributed by atoms with Crippen LogP contribution in [0.3, 0.4) is 0 Å². The molecule has 5 rings (SSSR count). The van der Waals surface area contributed by atoms with Crippen molar-refractivity contribution < 1.29 is 31.2 Å². The number of carbonyl (C=O) groups is 1. The summed E-state index contributed by atoms with van der Waals surface area (Å²) in [5, 5.41) is 7.09. The maximum Gasteiger partial charge on any atom is 0.256 e. The predicted molar refractivity (Wildman–Crippen MR) is 128 cm³/mol. The summed E-state index contributed by atoms with van der Waals surface area (Å²) in [5.41, 5.74) is 1.49. The summed E-state index contributed by atoms with van der Waals surface area (Å²) in [6.07, 6.45) is -3.04. The number of carbonyl (C=O) groups excluding carboxylic acids is 1. The Morgan fingerprint density at radius 3 is 2.86 bits per heavy atom. The minimum Gasteiger partial charge on any atom is -0.479 e. The number of hydrogen-bond acceptors (Lipinski definition) is 6. The molecule has 1 aliphatic heterocycles. The number of aryl methyl sites for hydroxylation is 1. The minimum atomic E-state index is -2.86. The first kappa shape index (κ1) is 21.2. The van der Waals surface area contributed by atoms with Gasteiger partial charge in [0.1, 0.15) is 17.5 Å². The van der Waals surface area contributed by atoms with Crippen molar-refractivity contribution >= 4 is 28.4 Å². The number of hydrogen-bond donors (Lipinski definition) is 1. The number of nitrogens with one attached hydrogen (secondary N) is 1. The lowest BCUT2D eigenvalue weighted by molar-refractivity contribution is -0.131. The highest BCUT2D eigenvalue weighted by Gasteiger charge is 2.31. The molecule has 1 fully saturated rings. The van der Waals surface area contributed by atoms with Crippen molar-refractivity contribution in [2.24, 2.45) is 0 Å². The molecule has 0 aliphatic carbocycles. The van der Waals surface area contributed by atoms with E-state index in [2.05, 4.69) is 20.4 Å². The zero-order valence-electron chi connectivity index (χ0n) is 22.9. The molecule has 4 aromatic rings. The van der Waals surface area contributed by atoms with Crippen LogP contribution in [0.1, 0.15) is 23.2 Å². The molecule has 0 radical (unpaired) electrons. The maximum atomic E-state index is 15.3. The smallest absolute Gasteiger partial charge is 0.256 e. The summed E-state index contributed by atoms with van der Waals surface area (Å²) >= 11 is 0. The third kappa shape index (κ3) is 4.53. The zero-order chi connectivity index (χ0) is 28.9. The summed E-state index contributed by atoms with van der Waals surface area (Å²) in [4.78, 5) is 21.5. The Morgan fingerprint density at radius 1 is 1.35 bits per heavy atom. The Balaban J connectivity index is 1.47. The molecule has 1 saturated heterocycles. The highest BCUT2D eigenvalue weighted by Crippen LogP contribution is 2.36. The van der Waals surface area contributed by atoms with E-state index in [-0.39, 0.29) is 35.9 Å². The van der Waals surface area contributed by atoms with Gasteiger partial charge in [0.05, 0.1) is 49.0 Å². The fraction of sp³-hybridized carbons (Fsp3) is 0.417. The van der Waals surface area contributed by atoms with Gasteiger partial charge >= 0.3 is 0 Å². The number of anilines is 1. The Morgan fingerprint density at radius 2 is 2.16 bits per heavy atom. The second-order valence-electron chi connectivity index (χ2n) is 8.76. The fourth-order valence-corrected chi connectivity index (χ4v) is 4.68. The molecule has 3 aromatic heterocycles. The molecule has 1 amide bonds. The minimum absolute atomic E-state index is 0.0150. The number of alkyl halides is 3. The van der Waals surface area contributed by atoms with Crippen molar-refractivity contribution in [2.75, 3.05) is 25.5 Å². The third-order valence-corrected chi connectivity index (χ3v) is 6.44. The van der Waals surface area contributed by atoms with Gasteiger partial charge in [0, 0.05) is 17.5 Å². The number of fused-ring (bicyclic) bond motifs is 2. The summed E-state index contributed by atoms with van der Waals surface area (Å²) in [7, 11) is 1.32. The van der Waals surface area contributed by atoms with Gasteiger partial charge in [-0.05, 0) is 31.0 Å². The topological polar surface area (TPSA) is 89.6 Å². The number of amides is 1. The van der Waals surface area contributed by atoms with Gasteiger partial charge in [-0.25, -0.2) is 27.1 Å². The van der Waals surface area contributed by atoms with Crippen LogP contribution in [0.15, 0.2) is 24.4 Å². The van der Waals surface area contributed by atoms with Gasteiger partial charge in [-0.1, -0.05) is 6.07 Å². The summed E-state index contributed by atoms with van der Waals surface area (Å²) in [6.45, 7) is -2.21. The zero-order valence-corrected chi connectivity index (χ0v) is 19.9. The molecule has 4 heterocycles. The molecular weight excluding hydrogens is 494 g/mol. The first-order valence-corrected chi connectivity index (χ1v) is 11.5. The molecule has 0 unspecified atom stereocenters. The molecule has 196 valence electrons. The number of methoxy groups -OCH3 is 1. The van der Waals surface area contributed by atoms with E-state index in [1.54, 1.807) is 25.1 Å². The van der Waals surface area contributed by atoms with E-state index in [4.69, 9.17) is 8.85 Å². The highest BCUT2D eigenvalue weighted by molar-refractivity contribution is 5.90. The molecular formula is C24H25F4N7O2. The predicted octanol–water partition coefficient (Wildman–Crippen LogP) is 3.84. The van der Waals surface area contributed by atoms with Crippen LogP contribution in [0.5, 0.6) is 5.88 Å². The van der Waals surface area contributed by atoms with E-state index in [1.165, 1.54) is 16.2 Å². The second kappa shape index (κ2) is 9.52. The quantitative estimate of drug-likeness (QED) is 0.387. The van der Waals surface area contributed by atoms with Crippen molar-refractivity contribution in [1.29, 1.82) is 0 Å². The van der Waals surface area contributed by atoms with Crippen molar-refractivity contribution in [3.8, 4) is 17.0 Å². The van der Waals surface area contributed by atoms with E-state index < -0.39 is 50.3 Å². The van der Waals surface area contributed by atoms with Gasteiger partial charge in [0.2, 0.25) is 17.7 Å². The number of imidazole rings is 1. The van der Waals surface area contributed by atoms with Crippen LogP contribution in [-0.4, -0.2) is 73.8 Å². The van der Waals surface area contributed by atoms with Gasteiger partial charge in [-0.2, -0.15) is 4.98 Å². The number of piperidine rings is 1. The molecule has 1 aliphatic rings. The molecule has 0 spiro atoms. The first-order chi connectivity index (χ1) is 18.9. The van der Waals surface area contributed by atoms with Crippen molar-refractivity contribution in [2.45, 2.75) is 45.4 Å². The summed E-state index contributed by atoms with van der Waals surface area (Å²) in [6, 6.07) is 3.93. The Hall–Kier alpha value is -3.90. The van der Waals surface area contributed by atoms with E-state index in [1.807, 2.05) is 0 Å². The molecule has 37 heavy (non-hydrogen) atoms. The van der Waals surface area contributed by atoms with Crippen molar-refractivity contribution in [3.05, 3.63) is 36.0 Å². The molecule has 1 N–H and O–H groups in total. The van der Waals surface area contributed by atoms with Gasteiger partial charge in [0.25, 0.3) is 6.43 Å². The molecule has 0 saturated carbocycles. The summed E-state index contributed by atoms with van der Waals surface area (Å²) in [5.74, 6) is -1.50. The van der Waals surface area contributed by atoms with Crippen LogP contribution in [0.25, 0.3) is 27.7 Å². The lowest BCUT2D eigenvalue weighted by Gasteiger charge is -2.34. The molecule has 9 nitrogen and oxygen atoms in total. The SMILES string of the molecule is [2H]C([2H])([2H])C(=O)N1CC[C@H](Nc2nc(OC)c3c(-c4ccc5nc(C)n(CC(F)F)c5c4)c(F)cn3n2)[C@H](F)C1. The standard InChI is InChI=1S/C24H25F4N7O2/c1-12-29-18-5-4-14(8-19(18)34(12)11-20(27)28)21-16(26)10-35-22(21)23(37-3)31-24(32-35)30-17-6-7-33(13(2)36)9-15(17)25/h4-5,8,10,15,17,20H,6-7,9,11H2,1-3H3,(H,30,32)/t15-,17+/m1/s1/i2D3. The lowest BCUT2D eigenvalue weighted by atomic mass is 10.0. The van der Waals surface area contributed by atoms with Gasteiger partial charge in [-0.3, -0.25) is 4.79 Å². The van der Waals surface area contributed by atoms with Crippen molar-refractivity contribution in [3.63, 3.8) is 0 Å². The van der Waals surface area contributed by atoms with E-state index in [9.17, 15) is 18.0 Å². The lowest BCUT2D eigenvalue weighted by Crippen LogP contribution is -2.49. The Kier molecular flexibility index (Phi) is 5.46. The number of halogens is 4. The first-order valence-electron chi connectivity index (χ1n) is 13.0. The van der Waals surface area contributed by atoms with E-state index in [0.717, 1.165) is 11.1 Å². The van der Waals surface area contributed by atoms with Crippen molar-refractivity contribution in [1.82, 2.24) is 29.0 Å². The Bertz CT molecular complexity index is 1590. The number of nitrogens with zero attached hydrogens (tertiary/aromatic N) is 6. The molecule has 2 atom stereocenters. The summed E-state index contributed by atoms with van der Waals surface area (Å²) < 4.78 is 86.3. The van der Waals surface area contributed by atoms with Crippen LogP contribution in [0.4, 0.5) is 23.5 Å². The maximum absolute atomic E-state index is 15.3. The number of rotatable bonds is 6. The second-order valence-corrected chi connectivity index (χ2v) is 8.76. The van der Waals surface area contributed by atoms with Crippen LogP contribution >= 0.6 is 0 Å². The molecule has 0 bridgehead atoms. The molecule has 1 aromatic carbocycles. The third-order valence-electron chi connectivity index (χ3n) is 6.44. The normalized spacial score (nSPS) is 19.8. The van der Waals surface area contributed by atoms with Gasteiger partial charge in [-0.15, -0.1) is 5.10 Å². The largest absolute Gasteiger partial charge is 0.479 e. The van der Waals surface area contributed by atoms with Crippen LogP contribution in [-0.2, 0) is 11.3 Å². The van der Waals surface area contributed by atoms with E-state index >= 15 is 4.39 Å². The van der Waals surface area contributed by atoms with Crippen LogP contribution in [0.2, 0.25) is 0 Å². The number of aromatic nitrogens is 5. The Labute approximate surface area is 213 Å². The number of benzene rings is 1. The average Bonchev–Trinajstić information content (AvgIpc) is 3.38. The molecule has 13 heteroatoms. The van der Waals surface area contributed by atoms with Crippen LogP contribution in [0, 0.1) is 12.7 Å². The van der Waals surface area contributed by atoms with Crippen LogP contribution < -0.4 is 10.1 Å². The fourth-order valence-electron chi connectivity index (χ4n) is 4.68. The number of ether oxygens (including phenoxy) is 1. The monoisotopic (exact) mass is 522 g/mol. The highest BCUT2D eigenvalue weighted by atomic mass is 19.3. The van der Waals surface area contributed by atoms with Gasteiger partial charge in [0.15, 0.2) is 5.82 Å². The average molecular weight is 523 g/mol. The number of likely N-dealkylation sites (tertiary alicyclic amines) is 1.